The van der Waals surface area contributed by atoms with Crippen LogP contribution in [0.1, 0.15) is 37.7 Å². The maximum absolute atomic E-state index is 11.0. The molecule has 0 atom stereocenters. The lowest BCUT2D eigenvalue weighted by Crippen LogP contribution is -2.17. The molecule has 0 saturated carbocycles. The Morgan fingerprint density at radius 1 is 1.45 bits per heavy atom. The van der Waals surface area contributed by atoms with Gasteiger partial charge in [-0.15, -0.1) is 0 Å². The van der Waals surface area contributed by atoms with Gasteiger partial charge in [0.1, 0.15) is 0 Å². The molecular weight excluding hydrogens is 302 g/mol. The first kappa shape index (κ1) is 16.0. The van der Waals surface area contributed by atoms with Gasteiger partial charge in [-0.25, -0.2) is 0 Å². The van der Waals surface area contributed by atoms with Gasteiger partial charge in [0.15, 0.2) is 5.82 Å². The van der Waals surface area contributed by atoms with Crippen molar-refractivity contribution < 1.29 is 4.92 Å². The summed E-state index contributed by atoms with van der Waals surface area (Å²) in [5.41, 5.74) is 1.07. The van der Waals surface area contributed by atoms with Crippen LogP contribution in [0.4, 0.5) is 5.69 Å². The highest BCUT2D eigenvalue weighted by Gasteiger charge is 2.21. The molecule has 22 heavy (non-hydrogen) atoms. The summed E-state index contributed by atoms with van der Waals surface area (Å²) >= 11 is 5.17. The fraction of sp³-hybridized carbons (Fsp3) is 0.357. The molecule has 0 fully saturated rings. The molecule has 1 heterocycles. The molecule has 0 spiro atoms. The molecule has 0 amide bonds. The van der Waals surface area contributed by atoms with Gasteiger partial charge in [0.25, 0.3) is 5.69 Å². The zero-order valence-electron chi connectivity index (χ0n) is 12.8. The van der Waals surface area contributed by atoms with Gasteiger partial charge in [-0.3, -0.25) is 15.2 Å². The lowest BCUT2D eigenvalue weighted by atomic mass is 9.96. The van der Waals surface area contributed by atoms with E-state index in [0.29, 0.717) is 21.7 Å². The van der Waals surface area contributed by atoms with E-state index in [-0.39, 0.29) is 11.1 Å². The highest BCUT2D eigenvalue weighted by atomic mass is 32.1. The average Bonchev–Trinajstić information content (AvgIpc) is 2.78. The number of nitrogens with one attached hydrogen (secondary N) is 1. The highest BCUT2D eigenvalue weighted by molar-refractivity contribution is 7.71. The zero-order valence-corrected chi connectivity index (χ0v) is 13.6. The van der Waals surface area contributed by atoms with Crippen LogP contribution in [0.2, 0.25) is 0 Å². The quantitative estimate of drug-likeness (QED) is 0.407. The molecule has 0 aliphatic carbocycles. The minimum Gasteiger partial charge on any atom is -0.258 e. The number of aryl methyl sites for hydroxylation is 1. The van der Waals surface area contributed by atoms with Gasteiger partial charge in [-0.05, 0) is 19.1 Å². The number of aromatic amines is 1. The molecule has 0 radical (unpaired) electrons. The highest BCUT2D eigenvalue weighted by Crippen LogP contribution is 2.21. The first-order chi connectivity index (χ1) is 10.2. The van der Waals surface area contributed by atoms with Crippen LogP contribution in [-0.4, -0.2) is 26.0 Å². The summed E-state index contributed by atoms with van der Waals surface area (Å²) in [6.07, 6.45) is 1.53. The Morgan fingerprint density at radius 2 is 2.14 bits per heavy atom. The Hall–Kier alpha value is -2.35. The summed E-state index contributed by atoms with van der Waals surface area (Å²) in [4.78, 5) is 10.6. The summed E-state index contributed by atoms with van der Waals surface area (Å²) in [5.74, 6) is 0.690. The van der Waals surface area contributed by atoms with Crippen molar-refractivity contribution in [3.8, 4) is 0 Å². The van der Waals surface area contributed by atoms with Crippen LogP contribution >= 0.6 is 12.2 Å². The largest absolute Gasteiger partial charge is 0.272 e. The summed E-state index contributed by atoms with van der Waals surface area (Å²) < 4.78 is 1.91. The summed E-state index contributed by atoms with van der Waals surface area (Å²) in [6.45, 7) is 7.70. The third-order valence-electron chi connectivity index (χ3n) is 3.07. The van der Waals surface area contributed by atoms with Gasteiger partial charge in [-0.1, -0.05) is 32.9 Å². The van der Waals surface area contributed by atoms with E-state index < -0.39 is 4.92 Å². The van der Waals surface area contributed by atoms with E-state index in [4.69, 9.17) is 12.2 Å². The van der Waals surface area contributed by atoms with E-state index >= 15 is 0 Å². The summed E-state index contributed by atoms with van der Waals surface area (Å²) in [7, 11) is 0. The second-order valence-corrected chi connectivity index (χ2v) is 6.35. The smallest absolute Gasteiger partial charge is 0.258 e. The first-order valence-electron chi connectivity index (χ1n) is 6.67. The van der Waals surface area contributed by atoms with Crippen LogP contribution in [0, 0.1) is 21.8 Å². The van der Waals surface area contributed by atoms with E-state index in [1.165, 1.54) is 17.0 Å². The van der Waals surface area contributed by atoms with Crippen molar-refractivity contribution in [2.45, 2.75) is 33.1 Å². The molecule has 0 aliphatic heterocycles. The molecular formula is C14H17N5O2S. The Labute approximate surface area is 132 Å². The fourth-order valence-corrected chi connectivity index (χ4v) is 2.09. The molecule has 0 saturated heterocycles. The molecule has 1 aromatic heterocycles. The normalized spacial score (nSPS) is 12.0. The van der Waals surface area contributed by atoms with Gasteiger partial charge in [0.05, 0.1) is 11.1 Å². The van der Waals surface area contributed by atoms with E-state index in [9.17, 15) is 10.1 Å². The maximum Gasteiger partial charge on any atom is 0.272 e. The number of benzene rings is 1. The second kappa shape index (κ2) is 5.80. The lowest BCUT2D eigenvalue weighted by molar-refractivity contribution is -0.385. The second-order valence-electron chi connectivity index (χ2n) is 5.96. The van der Waals surface area contributed by atoms with Crippen LogP contribution in [0.25, 0.3) is 0 Å². The minimum absolute atomic E-state index is 0.0655. The predicted octanol–water partition coefficient (Wildman–Crippen LogP) is 3.34. The Morgan fingerprint density at radius 3 is 2.73 bits per heavy atom. The molecule has 1 aromatic carbocycles. The van der Waals surface area contributed by atoms with Gasteiger partial charge >= 0.3 is 0 Å². The SMILES string of the molecule is Cc1ccc(/C=N\n2c(C(C)(C)C)n[nH]c2=S)cc1[N+](=O)[O-]. The van der Waals surface area contributed by atoms with Gasteiger partial charge in [0, 0.05) is 22.6 Å². The summed E-state index contributed by atoms with van der Waals surface area (Å²) in [5, 5.41) is 22.2. The average molecular weight is 319 g/mol. The number of hydrogen-bond acceptors (Lipinski definition) is 5. The number of nitro groups is 1. The summed E-state index contributed by atoms with van der Waals surface area (Å²) in [6, 6.07) is 4.95. The zero-order chi connectivity index (χ0) is 16.5. The fourth-order valence-electron chi connectivity index (χ4n) is 1.91. The van der Waals surface area contributed by atoms with E-state index in [0.717, 1.165) is 0 Å². The third-order valence-corrected chi connectivity index (χ3v) is 3.34. The minimum atomic E-state index is -0.406. The van der Waals surface area contributed by atoms with Crippen molar-refractivity contribution in [2.24, 2.45) is 5.10 Å². The van der Waals surface area contributed by atoms with Crippen molar-refractivity contribution in [3.05, 3.63) is 50.0 Å². The van der Waals surface area contributed by atoms with Crippen LogP contribution in [0.3, 0.4) is 0 Å². The lowest BCUT2D eigenvalue weighted by Gasteiger charge is -2.15. The van der Waals surface area contributed by atoms with Gasteiger partial charge in [-0.2, -0.15) is 14.9 Å². The Kier molecular flexibility index (Phi) is 4.23. The molecule has 0 aliphatic rings. The van der Waals surface area contributed by atoms with Crippen LogP contribution in [-0.2, 0) is 5.41 Å². The van der Waals surface area contributed by atoms with Crippen molar-refractivity contribution in [3.63, 3.8) is 0 Å². The van der Waals surface area contributed by atoms with E-state index in [2.05, 4.69) is 15.3 Å². The molecule has 0 bridgehead atoms. The number of aromatic nitrogens is 3. The third kappa shape index (κ3) is 3.28. The van der Waals surface area contributed by atoms with Crippen LogP contribution < -0.4 is 0 Å². The van der Waals surface area contributed by atoms with Crippen LogP contribution in [0.5, 0.6) is 0 Å². The molecule has 0 unspecified atom stereocenters. The molecule has 2 rings (SSSR count). The van der Waals surface area contributed by atoms with Crippen molar-refractivity contribution >= 4 is 24.1 Å². The Bertz CT molecular complexity index is 798. The molecule has 7 nitrogen and oxygen atoms in total. The molecule has 8 heteroatoms. The monoisotopic (exact) mass is 319 g/mol. The number of hydrogen-bond donors (Lipinski definition) is 1. The number of nitrogens with zero attached hydrogens (tertiary/aromatic N) is 4. The van der Waals surface area contributed by atoms with E-state index in [1.807, 2.05) is 20.8 Å². The molecule has 2 aromatic rings. The first-order valence-corrected chi connectivity index (χ1v) is 7.08. The van der Waals surface area contributed by atoms with Crippen molar-refractivity contribution in [2.75, 3.05) is 0 Å². The van der Waals surface area contributed by atoms with Crippen molar-refractivity contribution in [1.29, 1.82) is 0 Å². The van der Waals surface area contributed by atoms with Crippen molar-refractivity contribution in [1.82, 2.24) is 14.9 Å². The number of rotatable bonds is 3. The maximum atomic E-state index is 11.0. The predicted molar refractivity (Wildman–Crippen MR) is 86.9 cm³/mol. The number of nitro benzene ring substituents is 1. The molecule has 1 N–H and O–H groups in total. The molecule has 116 valence electrons. The van der Waals surface area contributed by atoms with Gasteiger partial charge in [0.2, 0.25) is 4.77 Å². The van der Waals surface area contributed by atoms with Gasteiger partial charge < -0.3 is 0 Å². The van der Waals surface area contributed by atoms with E-state index in [1.54, 1.807) is 19.1 Å². The topological polar surface area (TPSA) is 89.1 Å². The number of H-pyrrole nitrogens is 1. The Balaban J connectivity index is 2.42. The standard InChI is InChI=1S/C14H17N5O2S/c1-9-5-6-10(7-11(9)19(20)21)8-15-18-12(14(2,3)4)16-17-13(18)22/h5-8H,1-4H3,(H,17,22)/b15-8-. The van der Waals surface area contributed by atoms with Crippen LogP contribution in [0.15, 0.2) is 23.3 Å².